The lowest BCUT2D eigenvalue weighted by atomic mass is 10.0. The van der Waals surface area contributed by atoms with Gasteiger partial charge in [0.05, 0.1) is 17.9 Å². The fraction of sp³-hybridized carbons (Fsp3) is 0.853. The fourth-order valence-electron chi connectivity index (χ4n) is 5.06. The van der Waals surface area contributed by atoms with Crippen LogP contribution in [0.3, 0.4) is 0 Å². The molecule has 0 rings (SSSR count). The number of amides is 1. The molecule has 8 heteroatoms. The van der Waals surface area contributed by atoms with Gasteiger partial charge >= 0.3 is 0 Å². The van der Waals surface area contributed by atoms with Gasteiger partial charge in [0.15, 0.2) is 0 Å². The van der Waals surface area contributed by atoms with Crippen molar-refractivity contribution in [3.63, 3.8) is 0 Å². The zero-order chi connectivity index (χ0) is 31.3. The summed E-state index contributed by atoms with van der Waals surface area (Å²) in [4.78, 5) is 12.5. The SMILES string of the molecule is CCCCCCCCCC/C=C/CC/C=C/C(O)C(CS(=O)(=O)O)NC(=O)C(O)CCCCCCCCCCCCC. The van der Waals surface area contributed by atoms with Gasteiger partial charge < -0.3 is 15.5 Å². The molecule has 0 aliphatic heterocycles. The number of nitrogens with one attached hydrogen (secondary N) is 1. The van der Waals surface area contributed by atoms with Gasteiger partial charge in [-0.3, -0.25) is 9.35 Å². The summed E-state index contributed by atoms with van der Waals surface area (Å²) >= 11 is 0. The van der Waals surface area contributed by atoms with Gasteiger partial charge in [0.1, 0.15) is 6.10 Å². The van der Waals surface area contributed by atoms with Gasteiger partial charge in [0.25, 0.3) is 10.1 Å². The Morgan fingerprint density at radius 2 is 1.07 bits per heavy atom. The zero-order valence-corrected chi connectivity index (χ0v) is 27.8. The van der Waals surface area contributed by atoms with Crippen LogP contribution in [0.15, 0.2) is 24.3 Å². The van der Waals surface area contributed by atoms with Crippen LogP contribution in [-0.4, -0.2) is 53.1 Å². The summed E-state index contributed by atoms with van der Waals surface area (Å²) in [5.41, 5.74) is 0. The Balaban J connectivity index is 4.23. The van der Waals surface area contributed by atoms with E-state index >= 15 is 0 Å². The number of aliphatic hydroxyl groups is 2. The molecule has 0 fully saturated rings. The highest BCUT2D eigenvalue weighted by molar-refractivity contribution is 7.85. The normalized spacial score (nSPS) is 14.5. The number of hydrogen-bond acceptors (Lipinski definition) is 5. The second kappa shape index (κ2) is 28.5. The Hall–Kier alpha value is -1.22. The van der Waals surface area contributed by atoms with E-state index in [1.54, 1.807) is 6.08 Å². The van der Waals surface area contributed by atoms with Crippen molar-refractivity contribution in [1.82, 2.24) is 5.32 Å². The number of allylic oxidation sites excluding steroid dienone is 3. The molecule has 42 heavy (non-hydrogen) atoms. The van der Waals surface area contributed by atoms with Crippen LogP contribution in [0.5, 0.6) is 0 Å². The third-order valence-corrected chi connectivity index (χ3v) is 8.52. The van der Waals surface area contributed by atoms with E-state index in [2.05, 4.69) is 31.3 Å². The first-order chi connectivity index (χ1) is 20.2. The summed E-state index contributed by atoms with van der Waals surface area (Å²) in [5.74, 6) is -1.56. The van der Waals surface area contributed by atoms with E-state index in [0.29, 0.717) is 12.8 Å². The van der Waals surface area contributed by atoms with Crippen molar-refractivity contribution in [2.75, 3.05) is 5.75 Å². The molecule has 1 amide bonds. The first kappa shape index (κ1) is 40.8. The summed E-state index contributed by atoms with van der Waals surface area (Å²) in [7, 11) is -4.44. The van der Waals surface area contributed by atoms with Crippen molar-refractivity contribution in [2.24, 2.45) is 0 Å². The molecule has 0 aromatic carbocycles. The standard InChI is InChI=1S/C34H65NO6S/c1-3-5-7-9-11-13-15-16-17-19-20-22-24-26-28-32(36)31(30-42(39,40)41)35-34(38)33(37)29-27-25-23-21-18-14-12-10-8-6-4-2/h19-20,26,28,31-33,36-37H,3-18,21-25,27,29-30H2,1-2H3,(H,35,38)(H,39,40,41)/b20-19+,28-26+. The first-order valence-corrected chi connectivity index (χ1v) is 18.8. The predicted octanol–water partition coefficient (Wildman–Crippen LogP) is 8.21. The molecule has 0 heterocycles. The van der Waals surface area contributed by atoms with Crippen molar-refractivity contribution in [2.45, 2.75) is 180 Å². The molecule has 0 aromatic heterocycles. The largest absolute Gasteiger partial charge is 0.387 e. The molecule has 0 saturated carbocycles. The zero-order valence-electron chi connectivity index (χ0n) is 27.0. The lowest BCUT2D eigenvalue weighted by molar-refractivity contribution is -0.130. The summed E-state index contributed by atoms with van der Waals surface area (Å²) in [5, 5.41) is 23.2. The van der Waals surface area contributed by atoms with Gasteiger partial charge in [0.2, 0.25) is 5.91 Å². The minimum Gasteiger partial charge on any atom is -0.387 e. The molecule has 0 spiro atoms. The van der Waals surface area contributed by atoms with E-state index in [1.165, 1.54) is 102 Å². The van der Waals surface area contributed by atoms with Gasteiger partial charge in [-0.05, 0) is 32.1 Å². The first-order valence-electron chi connectivity index (χ1n) is 17.1. The van der Waals surface area contributed by atoms with Crippen LogP contribution in [0, 0.1) is 0 Å². The Morgan fingerprint density at radius 1 is 0.643 bits per heavy atom. The molecule has 4 N–H and O–H groups in total. The van der Waals surface area contributed by atoms with Gasteiger partial charge in [-0.2, -0.15) is 8.42 Å². The number of carbonyl (C=O) groups excluding carboxylic acids is 1. The van der Waals surface area contributed by atoms with Crippen LogP contribution in [0.4, 0.5) is 0 Å². The molecule has 0 bridgehead atoms. The van der Waals surface area contributed by atoms with Crippen molar-refractivity contribution in [1.29, 1.82) is 0 Å². The molecular formula is C34H65NO6S. The van der Waals surface area contributed by atoms with Crippen molar-refractivity contribution < 1.29 is 28.0 Å². The van der Waals surface area contributed by atoms with Gasteiger partial charge in [-0.1, -0.05) is 154 Å². The van der Waals surface area contributed by atoms with Crippen molar-refractivity contribution >= 4 is 16.0 Å². The number of unbranched alkanes of at least 4 members (excludes halogenated alkanes) is 19. The summed E-state index contributed by atoms with van der Waals surface area (Å²) in [6, 6.07) is -1.24. The fourth-order valence-corrected chi connectivity index (χ4v) is 5.79. The maximum absolute atomic E-state index is 12.5. The third kappa shape index (κ3) is 27.6. The Bertz CT molecular complexity index is 783. The second-order valence-electron chi connectivity index (χ2n) is 11.9. The van der Waals surface area contributed by atoms with Crippen LogP contribution >= 0.6 is 0 Å². The van der Waals surface area contributed by atoms with Crippen molar-refractivity contribution in [3.05, 3.63) is 24.3 Å². The van der Waals surface area contributed by atoms with Crippen LogP contribution in [0.1, 0.15) is 162 Å². The van der Waals surface area contributed by atoms with E-state index in [9.17, 15) is 28.0 Å². The number of rotatable bonds is 30. The van der Waals surface area contributed by atoms with Crippen LogP contribution in [0.25, 0.3) is 0 Å². The van der Waals surface area contributed by atoms with E-state index < -0.39 is 40.0 Å². The molecule has 248 valence electrons. The highest BCUT2D eigenvalue weighted by Crippen LogP contribution is 2.13. The van der Waals surface area contributed by atoms with Crippen LogP contribution in [-0.2, 0) is 14.9 Å². The monoisotopic (exact) mass is 615 g/mol. The van der Waals surface area contributed by atoms with E-state index in [-0.39, 0.29) is 6.42 Å². The average Bonchev–Trinajstić information content (AvgIpc) is 2.94. The van der Waals surface area contributed by atoms with Gasteiger partial charge in [-0.15, -0.1) is 0 Å². The topological polar surface area (TPSA) is 124 Å². The predicted molar refractivity (Wildman–Crippen MR) is 176 cm³/mol. The smallest absolute Gasteiger partial charge is 0.267 e. The third-order valence-electron chi connectivity index (χ3n) is 7.74. The van der Waals surface area contributed by atoms with Gasteiger partial charge in [-0.25, -0.2) is 0 Å². The van der Waals surface area contributed by atoms with Gasteiger partial charge in [0, 0.05) is 0 Å². The molecular weight excluding hydrogens is 550 g/mol. The summed E-state index contributed by atoms with van der Waals surface area (Å²) in [6.07, 6.45) is 30.9. The molecule has 0 radical (unpaired) electrons. The Labute approximate surface area is 258 Å². The minimum absolute atomic E-state index is 0.276. The molecule has 0 aromatic rings. The highest BCUT2D eigenvalue weighted by atomic mass is 32.2. The molecule has 0 aliphatic rings. The molecule has 3 atom stereocenters. The molecule has 0 aliphatic carbocycles. The number of carbonyl (C=O) groups is 1. The summed E-state index contributed by atoms with van der Waals surface area (Å²) in [6.45, 7) is 4.46. The summed E-state index contributed by atoms with van der Waals surface area (Å²) < 4.78 is 32.3. The lowest BCUT2D eigenvalue weighted by Gasteiger charge is -2.22. The quantitative estimate of drug-likeness (QED) is 0.0367. The van der Waals surface area contributed by atoms with Crippen molar-refractivity contribution in [3.8, 4) is 0 Å². The second-order valence-corrected chi connectivity index (χ2v) is 13.4. The van der Waals surface area contributed by atoms with E-state index in [4.69, 9.17) is 0 Å². The molecule has 3 unspecified atom stereocenters. The minimum atomic E-state index is -4.44. The lowest BCUT2D eigenvalue weighted by Crippen LogP contribution is -2.50. The highest BCUT2D eigenvalue weighted by Gasteiger charge is 2.27. The average molecular weight is 616 g/mol. The van der Waals surface area contributed by atoms with Crippen LogP contribution < -0.4 is 5.32 Å². The number of hydrogen-bond donors (Lipinski definition) is 4. The van der Waals surface area contributed by atoms with E-state index in [0.717, 1.165) is 32.1 Å². The molecule has 0 saturated heterocycles. The van der Waals surface area contributed by atoms with E-state index in [1.807, 2.05) is 0 Å². The maximum atomic E-state index is 12.5. The maximum Gasteiger partial charge on any atom is 0.267 e. The molecule has 7 nitrogen and oxygen atoms in total. The Morgan fingerprint density at radius 3 is 1.57 bits per heavy atom. The van der Waals surface area contributed by atoms with Crippen LogP contribution in [0.2, 0.25) is 0 Å². The number of aliphatic hydroxyl groups excluding tert-OH is 2. The Kier molecular flexibility index (Phi) is 27.7.